The molecule has 0 unspecified atom stereocenters. The Bertz CT molecular complexity index is 1060. The van der Waals surface area contributed by atoms with Gasteiger partial charge in [-0.1, -0.05) is 48.0 Å². The monoisotopic (exact) mass is 441 g/mol. The third-order valence-corrected chi connectivity index (χ3v) is 4.85. The van der Waals surface area contributed by atoms with Crippen molar-refractivity contribution in [3.05, 3.63) is 99.5 Å². The summed E-state index contributed by atoms with van der Waals surface area (Å²) in [6, 6.07) is 11.0. The third-order valence-electron chi connectivity index (χ3n) is 4.19. The SMILES string of the molecule is C=C(/C=C\C(Cl)=C/C)NC(=O)c1ccc(C)nc(-c2c(C)cccc2Cl)[nH]c(C)c1. The molecule has 2 aromatic rings. The Morgan fingerprint density at radius 3 is 2.57 bits per heavy atom. The van der Waals surface area contributed by atoms with E-state index in [2.05, 4.69) is 21.9 Å². The summed E-state index contributed by atoms with van der Waals surface area (Å²) < 4.78 is 0. The van der Waals surface area contributed by atoms with Crippen LogP contribution in [-0.2, 0) is 0 Å². The van der Waals surface area contributed by atoms with Crippen molar-refractivity contribution in [2.24, 2.45) is 0 Å². The maximum Gasteiger partial charge on any atom is 0.255 e. The van der Waals surface area contributed by atoms with Crippen LogP contribution in [0.2, 0.25) is 5.02 Å². The minimum Gasteiger partial charge on any atom is -0.343 e. The zero-order chi connectivity index (χ0) is 22.3. The van der Waals surface area contributed by atoms with Crippen LogP contribution in [0.3, 0.4) is 0 Å². The molecule has 1 aromatic carbocycles. The first-order valence-corrected chi connectivity index (χ1v) is 10.1. The van der Waals surface area contributed by atoms with Crippen LogP contribution in [0, 0.1) is 20.8 Å². The van der Waals surface area contributed by atoms with Crippen LogP contribution >= 0.6 is 23.2 Å². The van der Waals surface area contributed by atoms with Crippen molar-refractivity contribution in [1.29, 1.82) is 0 Å². The summed E-state index contributed by atoms with van der Waals surface area (Å²) in [5.41, 5.74) is 4.19. The van der Waals surface area contributed by atoms with E-state index in [1.807, 2.05) is 45.9 Å². The predicted octanol–water partition coefficient (Wildman–Crippen LogP) is 6.72. The van der Waals surface area contributed by atoms with Gasteiger partial charge in [0.15, 0.2) is 0 Å². The summed E-state index contributed by atoms with van der Waals surface area (Å²) in [6.07, 6.45) is 5.06. The number of benzene rings is 1. The number of carbonyl (C=O) groups is 1. The average Bonchev–Trinajstić information content (AvgIpc) is 2.75. The van der Waals surface area contributed by atoms with Crippen LogP contribution in [0.25, 0.3) is 11.4 Å². The van der Waals surface area contributed by atoms with Crippen LogP contribution in [0.1, 0.15) is 34.2 Å². The van der Waals surface area contributed by atoms with E-state index < -0.39 is 0 Å². The highest BCUT2D eigenvalue weighted by Gasteiger charge is 2.10. The second-order valence-electron chi connectivity index (χ2n) is 6.76. The number of hydrogen-bond acceptors (Lipinski definition) is 2. The van der Waals surface area contributed by atoms with Crippen LogP contribution in [0.5, 0.6) is 0 Å². The highest BCUT2D eigenvalue weighted by Crippen LogP contribution is 2.28. The van der Waals surface area contributed by atoms with Crippen LogP contribution in [-0.4, -0.2) is 15.9 Å². The van der Waals surface area contributed by atoms with Gasteiger partial charge in [-0.15, -0.1) is 0 Å². The Labute approximate surface area is 187 Å². The van der Waals surface area contributed by atoms with Gasteiger partial charge in [-0.3, -0.25) is 4.79 Å². The molecule has 0 atom stereocenters. The van der Waals surface area contributed by atoms with Crippen molar-refractivity contribution >= 4 is 29.1 Å². The van der Waals surface area contributed by atoms with Gasteiger partial charge in [0.05, 0.1) is 5.02 Å². The van der Waals surface area contributed by atoms with Crippen molar-refractivity contribution in [1.82, 2.24) is 15.3 Å². The molecule has 4 nitrogen and oxygen atoms in total. The molecule has 0 aliphatic rings. The summed E-state index contributed by atoms with van der Waals surface area (Å²) in [6.45, 7) is 11.4. The lowest BCUT2D eigenvalue weighted by atomic mass is 10.1. The van der Waals surface area contributed by atoms with E-state index in [9.17, 15) is 4.79 Å². The normalized spacial score (nSPS) is 11.3. The number of halogens is 2. The van der Waals surface area contributed by atoms with Gasteiger partial charge in [0, 0.05) is 33.2 Å². The first kappa shape index (κ1) is 23.5. The molecule has 6 heteroatoms. The van der Waals surface area contributed by atoms with Gasteiger partial charge in [0.25, 0.3) is 5.91 Å². The molecule has 0 aliphatic heterocycles. The number of H-pyrrole nitrogens is 1. The Hall–Kier alpha value is -2.82. The molecule has 156 valence electrons. The molecular formula is C24H25Cl2N3O. The number of aromatic amines is 1. The molecule has 0 fully saturated rings. The molecule has 1 amide bonds. The van der Waals surface area contributed by atoms with Gasteiger partial charge in [-0.2, -0.15) is 0 Å². The maximum atomic E-state index is 12.7. The van der Waals surface area contributed by atoms with Crippen molar-refractivity contribution in [2.45, 2.75) is 27.7 Å². The second kappa shape index (κ2) is 10.8. The number of nitrogens with zero attached hydrogens (tertiary/aromatic N) is 1. The number of hydrogen-bond donors (Lipinski definition) is 2. The van der Waals surface area contributed by atoms with Crippen molar-refractivity contribution < 1.29 is 4.79 Å². The van der Waals surface area contributed by atoms with Gasteiger partial charge in [0.1, 0.15) is 5.82 Å². The van der Waals surface area contributed by atoms with Gasteiger partial charge in [-0.05, 0) is 69.7 Å². The number of allylic oxidation sites excluding steroid dienone is 4. The maximum absolute atomic E-state index is 12.7. The number of amides is 1. The van der Waals surface area contributed by atoms with Crippen LogP contribution < -0.4 is 5.32 Å². The van der Waals surface area contributed by atoms with E-state index in [0.29, 0.717) is 27.1 Å². The minimum atomic E-state index is -0.288. The number of nitrogens with one attached hydrogen (secondary N) is 2. The molecule has 0 saturated heterocycles. The zero-order valence-electron chi connectivity index (χ0n) is 17.5. The summed E-state index contributed by atoms with van der Waals surface area (Å²) >= 11 is 12.4. The largest absolute Gasteiger partial charge is 0.343 e. The van der Waals surface area contributed by atoms with Gasteiger partial charge < -0.3 is 10.3 Å². The van der Waals surface area contributed by atoms with Crippen LogP contribution in [0.15, 0.2) is 71.9 Å². The molecular weight excluding hydrogens is 417 g/mol. The first-order valence-electron chi connectivity index (χ1n) is 9.39. The van der Waals surface area contributed by atoms with E-state index in [0.717, 1.165) is 22.5 Å². The summed E-state index contributed by atoms with van der Waals surface area (Å²) in [4.78, 5) is 20.7. The van der Waals surface area contributed by atoms with Crippen molar-refractivity contribution in [3.8, 4) is 11.4 Å². The van der Waals surface area contributed by atoms with Gasteiger partial charge in [-0.25, -0.2) is 4.98 Å². The van der Waals surface area contributed by atoms with Crippen molar-refractivity contribution in [3.63, 3.8) is 0 Å². The van der Waals surface area contributed by atoms with E-state index in [-0.39, 0.29) is 5.91 Å². The third kappa shape index (κ3) is 6.61. The fourth-order valence-corrected chi connectivity index (χ4v) is 3.06. The highest BCUT2D eigenvalue weighted by atomic mass is 35.5. The summed E-state index contributed by atoms with van der Waals surface area (Å²) in [5.74, 6) is 0.341. The number of rotatable bonds is 5. The topological polar surface area (TPSA) is 57.8 Å². The lowest BCUT2D eigenvalue weighted by Gasteiger charge is -2.07. The Kier molecular flexibility index (Phi) is 8.46. The molecule has 1 aromatic heterocycles. The fourth-order valence-electron chi connectivity index (χ4n) is 2.68. The standard InChI is InChI=1S/C24H25Cl2N3O/c1-6-20(25)13-11-17(4)29-24(30)19-12-10-16(3)27-23(28-18(5)14-19)22-15(2)8-7-9-21(22)26/h6-14H,4H2,1-3,5H3,(H,27,28)(H,29,30)/b13-11-,16-10?,18-14?,19-12?,20-6+. The molecule has 0 aliphatic carbocycles. The summed E-state index contributed by atoms with van der Waals surface area (Å²) in [7, 11) is 0. The summed E-state index contributed by atoms with van der Waals surface area (Å²) in [5, 5.41) is 3.93. The smallest absolute Gasteiger partial charge is 0.255 e. The molecule has 2 N–H and O–H groups in total. The predicted molar refractivity (Wildman–Crippen MR) is 126 cm³/mol. The number of aryl methyl sites for hydroxylation is 3. The molecule has 1 heterocycles. The zero-order valence-corrected chi connectivity index (χ0v) is 19.0. The lowest BCUT2D eigenvalue weighted by Crippen LogP contribution is -2.21. The van der Waals surface area contributed by atoms with Gasteiger partial charge in [0.2, 0.25) is 0 Å². The Morgan fingerprint density at radius 1 is 1.17 bits per heavy atom. The second-order valence-corrected chi connectivity index (χ2v) is 7.60. The molecule has 0 radical (unpaired) electrons. The van der Waals surface area contributed by atoms with E-state index in [4.69, 9.17) is 23.2 Å². The minimum absolute atomic E-state index is 0.288. The Balaban J connectivity index is 2.46. The van der Waals surface area contributed by atoms with Gasteiger partial charge >= 0.3 is 0 Å². The fraction of sp³-hybridized carbons (Fsp3) is 0.167. The molecule has 0 bridgehead atoms. The highest BCUT2D eigenvalue weighted by molar-refractivity contribution is 6.33. The lowest BCUT2D eigenvalue weighted by molar-refractivity contribution is 0.0967. The average molecular weight is 442 g/mol. The van der Waals surface area contributed by atoms with Crippen LogP contribution in [0.4, 0.5) is 0 Å². The molecule has 2 rings (SSSR count). The quantitative estimate of drug-likeness (QED) is 0.505. The van der Waals surface area contributed by atoms with Crippen molar-refractivity contribution in [2.75, 3.05) is 0 Å². The van der Waals surface area contributed by atoms with E-state index >= 15 is 0 Å². The molecule has 30 heavy (non-hydrogen) atoms. The first-order chi connectivity index (χ1) is 14.2. The molecule has 0 spiro atoms. The number of aromatic nitrogens is 2. The number of carbonyl (C=O) groups excluding carboxylic acids is 1. The van der Waals surface area contributed by atoms with E-state index in [1.54, 1.807) is 36.4 Å². The Morgan fingerprint density at radius 2 is 1.90 bits per heavy atom. The van der Waals surface area contributed by atoms with E-state index in [1.165, 1.54) is 0 Å². The molecule has 0 saturated carbocycles.